The zero-order chi connectivity index (χ0) is 21.1. The lowest BCUT2D eigenvalue weighted by atomic mass is 9.67. The SMILES string of the molecule is COc1ccccc1CC(=O)N1CC2CC(CN)CC(c3ccccc3OC)C2C1. The fraction of sp³-hybridized carbons (Fsp3) is 0.480. The maximum absolute atomic E-state index is 13.2. The molecule has 30 heavy (non-hydrogen) atoms. The number of carbonyl (C=O) groups is 1. The zero-order valence-electron chi connectivity index (χ0n) is 17.9. The monoisotopic (exact) mass is 408 g/mol. The van der Waals surface area contributed by atoms with Gasteiger partial charge in [0.15, 0.2) is 0 Å². The van der Waals surface area contributed by atoms with E-state index < -0.39 is 0 Å². The van der Waals surface area contributed by atoms with Crippen molar-refractivity contribution >= 4 is 5.91 Å². The lowest BCUT2D eigenvalue weighted by Crippen LogP contribution is -2.33. The van der Waals surface area contributed by atoms with E-state index in [0.29, 0.717) is 36.6 Å². The third-order valence-electron chi connectivity index (χ3n) is 6.99. The van der Waals surface area contributed by atoms with Crippen LogP contribution in [0.25, 0.3) is 0 Å². The van der Waals surface area contributed by atoms with Gasteiger partial charge in [0.2, 0.25) is 5.91 Å². The van der Waals surface area contributed by atoms with E-state index in [1.165, 1.54) is 5.56 Å². The first-order valence-corrected chi connectivity index (χ1v) is 10.9. The van der Waals surface area contributed by atoms with Gasteiger partial charge in [0, 0.05) is 18.7 Å². The molecule has 0 spiro atoms. The number of nitrogens with zero attached hydrogens (tertiary/aromatic N) is 1. The molecule has 2 aliphatic rings. The van der Waals surface area contributed by atoms with Crippen molar-refractivity contribution in [2.75, 3.05) is 33.9 Å². The predicted octanol–water partition coefficient (Wildman–Crippen LogP) is 3.47. The van der Waals surface area contributed by atoms with Crippen LogP contribution in [0.2, 0.25) is 0 Å². The molecule has 2 aromatic carbocycles. The van der Waals surface area contributed by atoms with Crippen LogP contribution in [-0.4, -0.2) is 44.7 Å². The summed E-state index contributed by atoms with van der Waals surface area (Å²) in [6, 6.07) is 16.1. The smallest absolute Gasteiger partial charge is 0.227 e. The third-order valence-corrected chi connectivity index (χ3v) is 6.99. The van der Waals surface area contributed by atoms with Gasteiger partial charge in [0.05, 0.1) is 20.6 Å². The van der Waals surface area contributed by atoms with Gasteiger partial charge in [-0.2, -0.15) is 0 Å². The fourth-order valence-electron chi connectivity index (χ4n) is 5.51. The fourth-order valence-corrected chi connectivity index (χ4v) is 5.51. The largest absolute Gasteiger partial charge is 0.496 e. The number of amides is 1. The molecule has 5 nitrogen and oxygen atoms in total. The maximum Gasteiger partial charge on any atom is 0.227 e. The van der Waals surface area contributed by atoms with Gasteiger partial charge in [-0.15, -0.1) is 0 Å². The van der Waals surface area contributed by atoms with Gasteiger partial charge in [0.25, 0.3) is 0 Å². The Morgan fingerprint density at radius 3 is 2.43 bits per heavy atom. The second-order valence-electron chi connectivity index (χ2n) is 8.63. The number of likely N-dealkylation sites (tertiary alicyclic amines) is 1. The topological polar surface area (TPSA) is 64.8 Å². The number of carbonyl (C=O) groups excluding carboxylic acids is 1. The van der Waals surface area contributed by atoms with E-state index >= 15 is 0 Å². The highest BCUT2D eigenvalue weighted by molar-refractivity contribution is 5.80. The van der Waals surface area contributed by atoms with Crippen LogP contribution >= 0.6 is 0 Å². The van der Waals surface area contributed by atoms with Crippen molar-refractivity contribution in [1.82, 2.24) is 4.90 Å². The number of ether oxygens (including phenoxy) is 2. The van der Waals surface area contributed by atoms with Crippen molar-refractivity contribution in [3.8, 4) is 11.5 Å². The lowest BCUT2D eigenvalue weighted by molar-refractivity contribution is -0.129. The second-order valence-corrected chi connectivity index (χ2v) is 8.63. The van der Waals surface area contributed by atoms with Gasteiger partial charge in [-0.05, 0) is 60.8 Å². The minimum absolute atomic E-state index is 0.178. The van der Waals surface area contributed by atoms with Crippen molar-refractivity contribution in [3.05, 3.63) is 59.7 Å². The molecule has 4 atom stereocenters. The molecule has 1 amide bonds. The van der Waals surface area contributed by atoms with Gasteiger partial charge in [0.1, 0.15) is 11.5 Å². The van der Waals surface area contributed by atoms with Gasteiger partial charge in [-0.25, -0.2) is 0 Å². The van der Waals surface area contributed by atoms with Crippen molar-refractivity contribution in [2.45, 2.75) is 25.2 Å². The van der Waals surface area contributed by atoms with E-state index in [1.807, 2.05) is 36.4 Å². The van der Waals surface area contributed by atoms with E-state index in [9.17, 15) is 4.79 Å². The maximum atomic E-state index is 13.2. The first kappa shape index (κ1) is 20.7. The number of nitrogens with two attached hydrogens (primary N) is 1. The predicted molar refractivity (Wildman–Crippen MR) is 118 cm³/mol. The van der Waals surface area contributed by atoms with Crippen molar-refractivity contribution in [2.24, 2.45) is 23.5 Å². The number of hydrogen-bond donors (Lipinski definition) is 1. The van der Waals surface area contributed by atoms with Crippen LogP contribution in [-0.2, 0) is 11.2 Å². The van der Waals surface area contributed by atoms with Crippen LogP contribution in [0.4, 0.5) is 0 Å². The Kier molecular flexibility index (Phi) is 6.28. The van der Waals surface area contributed by atoms with Gasteiger partial charge < -0.3 is 20.1 Å². The summed E-state index contributed by atoms with van der Waals surface area (Å²) in [4.78, 5) is 15.2. The molecule has 1 heterocycles. The zero-order valence-corrected chi connectivity index (χ0v) is 17.9. The molecular weight excluding hydrogens is 376 g/mol. The van der Waals surface area contributed by atoms with Gasteiger partial charge >= 0.3 is 0 Å². The summed E-state index contributed by atoms with van der Waals surface area (Å²) >= 11 is 0. The molecule has 160 valence electrons. The van der Waals surface area contributed by atoms with Crippen molar-refractivity contribution in [1.29, 1.82) is 0 Å². The van der Waals surface area contributed by atoms with Crippen LogP contribution in [0.3, 0.4) is 0 Å². The van der Waals surface area contributed by atoms with Crippen LogP contribution in [0.1, 0.15) is 29.9 Å². The molecule has 4 rings (SSSR count). The number of para-hydroxylation sites is 2. The summed E-state index contributed by atoms with van der Waals surface area (Å²) in [5.74, 6) is 3.70. The molecule has 1 saturated heterocycles. The minimum Gasteiger partial charge on any atom is -0.496 e. The Morgan fingerprint density at radius 1 is 1.00 bits per heavy atom. The molecule has 2 N–H and O–H groups in total. The summed E-state index contributed by atoms with van der Waals surface area (Å²) in [6.07, 6.45) is 2.54. The van der Waals surface area contributed by atoms with Crippen molar-refractivity contribution < 1.29 is 14.3 Å². The molecule has 1 aliphatic carbocycles. The molecule has 4 unspecified atom stereocenters. The van der Waals surface area contributed by atoms with E-state index in [4.69, 9.17) is 15.2 Å². The molecule has 1 saturated carbocycles. The van der Waals surface area contributed by atoms with E-state index in [2.05, 4.69) is 17.0 Å². The lowest BCUT2D eigenvalue weighted by Gasteiger charge is -2.38. The normalized spacial score (nSPS) is 25.6. The van der Waals surface area contributed by atoms with Crippen LogP contribution in [0, 0.1) is 17.8 Å². The molecule has 1 aliphatic heterocycles. The Morgan fingerprint density at radius 2 is 1.70 bits per heavy atom. The Bertz CT molecular complexity index is 884. The summed E-state index contributed by atoms with van der Waals surface area (Å²) in [5.41, 5.74) is 8.30. The first-order valence-electron chi connectivity index (χ1n) is 10.9. The van der Waals surface area contributed by atoms with Crippen LogP contribution in [0.15, 0.2) is 48.5 Å². The Labute approximate surface area is 179 Å². The number of methoxy groups -OCH3 is 2. The molecule has 0 bridgehead atoms. The summed E-state index contributed by atoms with van der Waals surface area (Å²) in [6.45, 7) is 2.32. The molecule has 0 radical (unpaired) electrons. The van der Waals surface area contributed by atoms with Gasteiger partial charge in [-0.3, -0.25) is 4.79 Å². The Hall–Kier alpha value is -2.53. The highest BCUT2D eigenvalue weighted by Gasteiger charge is 2.45. The molecule has 0 aromatic heterocycles. The molecular formula is C25H32N2O3. The number of hydrogen-bond acceptors (Lipinski definition) is 4. The standard InChI is InChI=1S/C25H32N2O3/c1-29-23-9-5-3-7-18(23)13-25(28)27-15-19-11-17(14-26)12-21(22(19)16-27)20-8-4-6-10-24(20)30-2/h3-10,17,19,21-22H,11-16,26H2,1-2H3. The average Bonchev–Trinajstić information content (AvgIpc) is 3.23. The number of rotatable bonds is 6. The number of benzene rings is 2. The van der Waals surface area contributed by atoms with E-state index in [-0.39, 0.29) is 5.91 Å². The van der Waals surface area contributed by atoms with Crippen LogP contribution < -0.4 is 15.2 Å². The van der Waals surface area contributed by atoms with E-state index in [1.54, 1.807) is 14.2 Å². The van der Waals surface area contributed by atoms with Crippen molar-refractivity contribution in [3.63, 3.8) is 0 Å². The number of fused-ring (bicyclic) bond motifs is 1. The first-order chi connectivity index (χ1) is 14.6. The summed E-state index contributed by atoms with van der Waals surface area (Å²) < 4.78 is 11.1. The van der Waals surface area contributed by atoms with E-state index in [0.717, 1.165) is 43.0 Å². The minimum atomic E-state index is 0.178. The summed E-state index contributed by atoms with van der Waals surface area (Å²) in [5, 5.41) is 0. The highest BCUT2D eigenvalue weighted by Crippen LogP contribution is 2.49. The second kappa shape index (κ2) is 9.09. The third kappa shape index (κ3) is 4.04. The molecule has 5 heteroatoms. The summed E-state index contributed by atoms with van der Waals surface area (Å²) in [7, 11) is 3.38. The molecule has 2 fully saturated rings. The Balaban J connectivity index is 1.54. The van der Waals surface area contributed by atoms with Crippen LogP contribution in [0.5, 0.6) is 11.5 Å². The quantitative estimate of drug-likeness (QED) is 0.795. The van der Waals surface area contributed by atoms with Gasteiger partial charge in [-0.1, -0.05) is 36.4 Å². The highest BCUT2D eigenvalue weighted by atomic mass is 16.5. The molecule has 2 aromatic rings. The average molecular weight is 409 g/mol.